The number of halogens is 2. The van der Waals surface area contributed by atoms with Crippen molar-refractivity contribution < 1.29 is 9.90 Å². The molecule has 22 heavy (non-hydrogen) atoms. The summed E-state index contributed by atoms with van der Waals surface area (Å²) in [6.45, 7) is 1.93. The third-order valence-corrected chi connectivity index (χ3v) is 3.75. The Hall–Kier alpha value is -2.04. The zero-order chi connectivity index (χ0) is 16.1. The number of hydrazone groups is 1. The van der Waals surface area contributed by atoms with Gasteiger partial charge in [0.2, 0.25) is 0 Å². The highest BCUT2D eigenvalue weighted by molar-refractivity contribution is 6.42. The van der Waals surface area contributed by atoms with Crippen LogP contribution in [0.4, 0.5) is 0 Å². The normalized spacial score (nSPS) is 11.3. The van der Waals surface area contributed by atoms with E-state index in [1.807, 2.05) is 6.92 Å². The fraction of sp³-hybridized carbons (Fsp3) is 0.125. The Morgan fingerprint density at radius 3 is 2.32 bits per heavy atom. The van der Waals surface area contributed by atoms with Crippen LogP contribution in [0.2, 0.25) is 10.0 Å². The minimum absolute atomic E-state index is 0.180. The number of hydrogen-bond donors (Lipinski definition) is 2. The van der Waals surface area contributed by atoms with Crippen LogP contribution in [0, 0.1) is 0 Å². The van der Waals surface area contributed by atoms with Crippen LogP contribution in [-0.4, -0.2) is 16.7 Å². The van der Waals surface area contributed by atoms with Crippen molar-refractivity contribution in [2.45, 2.75) is 13.3 Å². The molecule has 0 aliphatic rings. The topological polar surface area (TPSA) is 61.7 Å². The molecule has 6 heteroatoms. The van der Waals surface area contributed by atoms with Crippen molar-refractivity contribution in [3.8, 4) is 5.75 Å². The van der Waals surface area contributed by atoms with Crippen molar-refractivity contribution in [2.75, 3.05) is 0 Å². The third kappa shape index (κ3) is 4.00. The highest BCUT2D eigenvalue weighted by Gasteiger charge is 2.08. The van der Waals surface area contributed by atoms with E-state index in [0.29, 0.717) is 27.7 Å². The minimum Gasteiger partial charge on any atom is -0.508 e. The summed E-state index contributed by atoms with van der Waals surface area (Å²) in [5, 5.41) is 14.1. The van der Waals surface area contributed by atoms with Crippen molar-refractivity contribution in [1.29, 1.82) is 0 Å². The summed E-state index contributed by atoms with van der Waals surface area (Å²) in [7, 11) is 0. The first kappa shape index (κ1) is 16.3. The maximum Gasteiger partial charge on any atom is 0.271 e. The SMILES string of the molecule is CC/C(=N\NC(=O)c1ccc(Cl)c(Cl)c1)c1ccc(O)cc1. The summed E-state index contributed by atoms with van der Waals surface area (Å²) in [6.07, 6.45) is 0.631. The number of hydrogen-bond acceptors (Lipinski definition) is 3. The summed E-state index contributed by atoms with van der Waals surface area (Å²) in [6, 6.07) is 11.2. The van der Waals surface area contributed by atoms with Crippen molar-refractivity contribution >= 4 is 34.8 Å². The van der Waals surface area contributed by atoms with Gasteiger partial charge in [-0.15, -0.1) is 0 Å². The first-order valence-electron chi connectivity index (χ1n) is 6.62. The molecule has 0 radical (unpaired) electrons. The average molecular weight is 337 g/mol. The number of amides is 1. The summed E-state index contributed by atoms with van der Waals surface area (Å²) < 4.78 is 0. The summed E-state index contributed by atoms with van der Waals surface area (Å²) in [4.78, 5) is 12.1. The van der Waals surface area contributed by atoms with E-state index in [4.69, 9.17) is 23.2 Å². The molecule has 1 amide bonds. The smallest absolute Gasteiger partial charge is 0.271 e. The molecule has 4 nitrogen and oxygen atoms in total. The summed E-state index contributed by atoms with van der Waals surface area (Å²) in [5.41, 5.74) is 4.40. The lowest BCUT2D eigenvalue weighted by molar-refractivity contribution is 0.0955. The number of carbonyl (C=O) groups excluding carboxylic acids is 1. The molecule has 0 spiro atoms. The fourth-order valence-corrected chi connectivity index (χ4v) is 2.12. The van der Waals surface area contributed by atoms with Gasteiger partial charge in [-0.3, -0.25) is 4.79 Å². The molecule has 114 valence electrons. The molecule has 0 atom stereocenters. The van der Waals surface area contributed by atoms with Crippen LogP contribution in [-0.2, 0) is 0 Å². The van der Waals surface area contributed by atoms with Gasteiger partial charge in [-0.1, -0.05) is 30.1 Å². The Morgan fingerprint density at radius 2 is 1.73 bits per heavy atom. The second-order valence-corrected chi connectivity index (χ2v) is 5.34. The monoisotopic (exact) mass is 336 g/mol. The third-order valence-electron chi connectivity index (χ3n) is 3.01. The van der Waals surface area contributed by atoms with Gasteiger partial charge >= 0.3 is 0 Å². The molecule has 0 unspecified atom stereocenters. The van der Waals surface area contributed by atoms with Crippen LogP contribution in [0.3, 0.4) is 0 Å². The first-order chi connectivity index (χ1) is 10.5. The van der Waals surface area contributed by atoms with Gasteiger partial charge in [0.25, 0.3) is 5.91 Å². The van der Waals surface area contributed by atoms with Crippen LogP contribution < -0.4 is 5.43 Å². The Labute approximate surface area is 138 Å². The largest absolute Gasteiger partial charge is 0.508 e. The summed E-state index contributed by atoms with van der Waals surface area (Å²) in [5.74, 6) is -0.192. The summed E-state index contributed by atoms with van der Waals surface area (Å²) >= 11 is 11.7. The number of nitrogens with zero attached hydrogens (tertiary/aromatic N) is 1. The van der Waals surface area contributed by atoms with Crippen molar-refractivity contribution in [2.24, 2.45) is 5.10 Å². The molecular weight excluding hydrogens is 323 g/mol. The molecule has 0 aliphatic heterocycles. The van der Waals surface area contributed by atoms with Crippen LogP contribution in [0.1, 0.15) is 29.3 Å². The molecule has 0 aromatic heterocycles. The molecule has 2 rings (SSSR count). The standard InChI is InChI=1S/C16H14Cl2N2O2/c1-2-15(10-3-6-12(21)7-4-10)19-20-16(22)11-5-8-13(17)14(18)9-11/h3-9,21H,2H2,1H3,(H,20,22)/b19-15+. The molecule has 2 N–H and O–H groups in total. The molecule has 0 saturated carbocycles. The van der Waals surface area contributed by atoms with E-state index in [2.05, 4.69) is 10.5 Å². The van der Waals surface area contributed by atoms with Crippen LogP contribution in [0.25, 0.3) is 0 Å². The maximum atomic E-state index is 12.1. The Balaban J connectivity index is 2.15. The Kier molecular flexibility index (Phi) is 5.41. The lowest BCUT2D eigenvalue weighted by Crippen LogP contribution is -2.20. The van der Waals surface area contributed by atoms with Gasteiger partial charge < -0.3 is 5.11 Å². The first-order valence-corrected chi connectivity index (χ1v) is 7.38. The van der Waals surface area contributed by atoms with Gasteiger partial charge in [0.1, 0.15) is 5.75 Å². The maximum absolute atomic E-state index is 12.1. The second kappa shape index (κ2) is 7.29. The van der Waals surface area contributed by atoms with Gasteiger partial charge in [-0.05, 0) is 54.4 Å². The van der Waals surface area contributed by atoms with Crippen molar-refractivity contribution in [3.05, 3.63) is 63.6 Å². The Morgan fingerprint density at radius 1 is 1.09 bits per heavy atom. The van der Waals surface area contributed by atoms with Crippen LogP contribution in [0.15, 0.2) is 47.6 Å². The molecular formula is C16H14Cl2N2O2. The van der Waals surface area contributed by atoms with Crippen LogP contribution >= 0.6 is 23.2 Å². The van der Waals surface area contributed by atoms with E-state index in [0.717, 1.165) is 5.56 Å². The highest BCUT2D eigenvalue weighted by Crippen LogP contribution is 2.22. The Bertz CT molecular complexity index is 713. The fourth-order valence-electron chi connectivity index (χ4n) is 1.82. The predicted molar refractivity (Wildman–Crippen MR) is 88.9 cm³/mol. The van der Waals surface area contributed by atoms with Gasteiger partial charge in [-0.2, -0.15) is 5.10 Å². The molecule has 0 bridgehead atoms. The van der Waals surface area contributed by atoms with Gasteiger partial charge in [0.15, 0.2) is 0 Å². The number of aromatic hydroxyl groups is 1. The highest BCUT2D eigenvalue weighted by atomic mass is 35.5. The number of phenols is 1. The van der Waals surface area contributed by atoms with Gasteiger partial charge in [0, 0.05) is 5.56 Å². The quantitative estimate of drug-likeness (QED) is 0.647. The molecule has 0 aliphatic carbocycles. The van der Waals surface area contributed by atoms with E-state index in [1.165, 1.54) is 6.07 Å². The lowest BCUT2D eigenvalue weighted by Gasteiger charge is -2.06. The second-order valence-electron chi connectivity index (χ2n) is 4.53. The van der Waals surface area contributed by atoms with E-state index >= 15 is 0 Å². The minimum atomic E-state index is -0.372. The predicted octanol–water partition coefficient (Wildman–Crippen LogP) is 4.24. The van der Waals surface area contributed by atoms with Gasteiger partial charge in [0.05, 0.1) is 15.8 Å². The molecule has 2 aromatic rings. The number of carbonyl (C=O) groups is 1. The lowest BCUT2D eigenvalue weighted by atomic mass is 10.1. The molecule has 2 aromatic carbocycles. The molecule has 0 heterocycles. The average Bonchev–Trinajstić information content (AvgIpc) is 2.52. The van der Waals surface area contributed by atoms with E-state index < -0.39 is 0 Å². The number of phenolic OH excluding ortho intramolecular Hbond substituents is 1. The van der Waals surface area contributed by atoms with Crippen molar-refractivity contribution in [3.63, 3.8) is 0 Å². The zero-order valence-electron chi connectivity index (χ0n) is 11.8. The van der Waals surface area contributed by atoms with E-state index in [1.54, 1.807) is 36.4 Å². The molecule has 0 saturated heterocycles. The van der Waals surface area contributed by atoms with E-state index in [-0.39, 0.29) is 11.7 Å². The number of rotatable bonds is 4. The molecule has 0 fully saturated rings. The zero-order valence-corrected chi connectivity index (χ0v) is 13.3. The van der Waals surface area contributed by atoms with E-state index in [9.17, 15) is 9.90 Å². The van der Waals surface area contributed by atoms with Crippen molar-refractivity contribution in [1.82, 2.24) is 5.43 Å². The van der Waals surface area contributed by atoms with Crippen LogP contribution in [0.5, 0.6) is 5.75 Å². The number of nitrogens with one attached hydrogen (secondary N) is 1. The van der Waals surface area contributed by atoms with Gasteiger partial charge in [-0.25, -0.2) is 5.43 Å². The number of benzene rings is 2.